The molecule has 0 saturated heterocycles. The molecule has 2 aromatic rings. The highest BCUT2D eigenvalue weighted by molar-refractivity contribution is 7.92. The third-order valence-corrected chi connectivity index (χ3v) is 7.92. The summed E-state index contributed by atoms with van der Waals surface area (Å²) in [6.45, 7) is 7.92. The van der Waals surface area contributed by atoms with Gasteiger partial charge in [0.25, 0.3) is 15.9 Å². The van der Waals surface area contributed by atoms with E-state index in [-0.39, 0.29) is 29.0 Å². The molecule has 1 saturated carbocycles. The van der Waals surface area contributed by atoms with Crippen molar-refractivity contribution in [2.75, 3.05) is 10.8 Å². The summed E-state index contributed by atoms with van der Waals surface area (Å²) in [5, 5.41) is 2.92. The van der Waals surface area contributed by atoms with Crippen LogP contribution < -0.4 is 9.62 Å². The highest BCUT2D eigenvalue weighted by Crippen LogP contribution is 2.30. The first-order valence-electron chi connectivity index (χ1n) is 10.5. The van der Waals surface area contributed by atoms with Crippen LogP contribution in [0.4, 0.5) is 10.1 Å². The van der Waals surface area contributed by atoms with Crippen LogP contribution in [0.15, 0.2) is 66.1 Å². The molecule has 0 radical (unpaired) electrons. The number of hydrogen-bond acceptors (Lipinski definition) is 3. The molecule has 3 unspecified atom stereocenters. The Bertz CT molecular complexity index is 1040. The highest BCUT2D eigenvalue weighted by Gasteiger charge is 2.30. The number of carbonyl (C=O) groups excluding carboxylic acids is 1. The minimum absolute atomic E-state index is 0.0444. The molecule has 0 aliphatic heterocycles. The molecule has 1 aliphatic carbocycles. The van der Waals surface area contributed by atoms with E-state index in [0.29, 0.717) is 11.6 Å². The quantitative estimate of drug-likeness (QED) is 0.626. The van der Waals surface area contributed by atoms with Crippen LogP contribution in [0.1, 0.15) is 43.5 Å². The summed E-state index contributed by atoms with van der Waals surface area (Å²) >= 11 is 0. The monoisotopic (exact) mass is 444 g/mol. The highest BCUT2D eigenvalue weighted by atomic mass is 32.2. The van der Waals surface area contributed by atoms with Gasteiger partial charge in [0, 0.05) is 6.04 Å². The van der Waals surface area contributed by atoms with Crippen LogP contribution in [-0.2, 0) is 10.0 Å². The van der Waals surface area contributed by atoms with Crippen LogP contribution in [0.3, 0.4) is 0 Å². The number of carbonyl (C=O) groups is 1. The summed E-state index contributed by atoms with van der Waals surface area (Å²) in [4.78, 5) is 12.7. The number of hydrogen-bond donors (Lipinski definition) is 1. The predicted molar refractivity (Wildman–Crippen MR) is 121 cm³/mol. The zero-order chi connectivity index (χ0) is 22.6. The lowest BCUT2D eigenvalue weighted by atomic mass is 9.78. The van der Waals surface area contributed by atoms with Gasteiger partial charge >= 0.3 is 0 Å². The van der Waals surface area contributed by atoms with Crippen LogP contribution in [-0.4, -0.2) is 26.9 Å². The van der Waals surface area contributed by atoms with Gasteiger partial charge in [0.05, 0.1) is 22.7 Å². The Kier molecular flexibility index (Phi) is 7.15. The molecule has 0 aromatic heterocycles. The largest absolute Gasteiger partial charge is 0.349 e. The number of nitrogens with one attached hydrogen (secondary N) is 1. The summed E-state index contributed by atoms with van der Waals surface area (Å²) in [6, 6.07) is 11.9. The molecule has 1 amide bonds. The van der Waals surface area contributed by atoms with Gasteiger partial charge in [-0.05, 0) is 48.6 Å². The average Bonchev–Trinajstić information content (AvgIpc) is 2.75. The van der Waals surface area contributed by atoms with Crippen LogP contribution in [0.5, 0.6) is 0 Å². The van der Waals surface area contributed by atoms with Crippen LogP contribution in [0.25, 0.3) is 0 Å². The molecule has 0 bridgehead atoms. The van der Waals surface area contributed by atoms with Crippen LogP contribution in [0.2, 0.25) is 0 Å². The summed E-state index contributed by atoms with van der Waals surface area (Å²) in [5.74, 6) is -0.596. The molecular weight excluding hydrogens is 415 g/mol. The summed E-state index contributed by atoms with van der Waals surface area (Å²) < 4.78 is 42.3. The number of benzene rings is 2. The third kappa shape index (κ3) is 4.98. The second kappa shape index (κ2) is 9.64. The van der Waals surface area contributed by atoms with Crippen molar-refractivity contribution in [2.45, 2.75) is 44.0 Å². The van der Waals surface area contributed by atoms with Crippen molar-refractivity contribution in [3.8, 4) is 0 Å². The minimum Gasteiger partial charge on any atom is -0.349 e. The minimum atomic E-state index is -4.03. The van der Waals surface area contributed by atoms with Crippen molar-refractivity contribution in [1.82, 2.24) is 5.32 Å². The number of rotatable bonds is 7. The predicted octanol–water partition coefficient (Wildman–Crippen LogP) is 4.76. The van der Waals surface area contributed by atoms with Crippen molar-refractivity contribution < 1.29 is 17.6 Å². The van der Waals surface area contributed by atoms with Crippen molar-refractivity contribution >= 4 is 21.6 Å². The first kappa shape index (κ1) is 23.0. The Morgan fingerprint density at radius 3 is 2.58 bits per heavy atom. The fourth-order valence-corrected chi connectivity index (χ4v) is 5.51. The SMILES string of the molecule is C=CCN(c1ccccc1)S(=O)(=O)c1ccc(F)c(C(=O)NC2CCCC(C)C2C)c1. The van der Waals surface area contributed by atoms with E-state index in [2.05, 4.69) is 25.7 Å². The Balaban J connectivity index is 1.92. The first-order chi connectivity index (χ1) is 14.8. The molecule has 1 N–H and O–H groups in total. The molecule has 5 nitrogen and oxygen atoms in total. The topological polar surface area (TPSA) is 66.5 Å². The first-order valence-corrected chi connectivity index (χ1v) is 12.0. The van der Waals surface area contributed by atoms with Crippen molar-refractivity contribution in [3.63, 3.8) is 0 Å². The summed E-state index contributed by atoms with van der Waals surface area (Å²) in [6.07, 6.45) is 4.42. The van der Waals surface area contributed by atoms with E-state index < -0.39 is 21.7 Å². The van der Waals surface area contributed by atoms with Gasteiger partial charge < -0.3 is 5.32 Å². The molecular formula is C24H29FN2O3S. The Morgan fingerprint density at radius 2 is 1.90 bits per heavy atom. The van der Waals surface area contributed by atoms with Crippen molar-refractivity contribution in [2.24, 2.45) is 11.8 Å². The smallest absolute Gasteiger partial charge is 0.264 e. The van der Waals surface area contributed by atoms with E-state index in [1.165, 1.54) is 16.4 Å². The summed E-state index contributed by atoms with van der Waals surface area (Å²) in [5.41, 5.74) is 0.195. The van der Waals surface area contributed by atoms with Gasteiger partial charge in [-0.1, -0.05) is 51.0 Å². The molecule has 31 heavy (non-hydrogen) atoms. The molecule has 1 fully saturated rings. The fourth-order valence-electron chi connectivity index (χ4n) is 4.05. The zero-order valence-corrected chi connectivity index (χ0v) is 18.7. The number of nitrogens with zero attached hydrogens (tertiary/aromatic N) is 1. The van der Waals surface area contributed by atoms with Crippen LogP contribution in [0, 0.1) is 17.7 Å². The molecule has 3 rings (SSSR count). The lowest BCUT2D eigenvalue weighted by molar-refractivity contribution is 0.0886. The summed E-state index contributed by atoms with van der Waals surface area (Å²) in [7, 11) is -4.03. The third-order valence-electron chi connectivity index (χ3n) is 6.13. The van der Waals surface area contributed by atoms with Gasteiger partial charge in [-0.2, -0.15) is 0 Å². The Hall–Kier alpha value is -2.67. The average molecular weight is 445 g/mol. The van der Waals surface area contributed by atoms with Gasteiger partial charge in [0.15, 0.2) is 0 Å². The maximum absolute atomic E-state index is 14.5. The molecule has 166 valence electrons. The number of para-hydroxylation sites is 1. The molecule has 3 atom stereocenters. The van der Waals surface area contributed by atoms with E-state index >= 15 is 0 Å². The second-order valence-electron chi connectivity index (χ2n) is 8.15. The van der Waals surface area contributed by atoms with E-state index in [1.54, 1.807) is 30.3 Å². The van der Waals surface area contributed by atoms with Gasteiger partial charge in [-0.25, -0.2) is 12.8 Å². The van der Waals surface area contributed by atoms with Gasteiger partial charge in [-0.15, -0.1) is 6.58 Å². The van der Waals surface area contributed by atoms with Gasteiger partial charge in [0.2, 0.25) is 0 Å². The van der Waals surface area contributed by atoms with E-state index in [0.717, 1.165) is 31.4 Å². The number of halogens is 1. The van der Waals surface area contributed by atoms with E-state index in [9.17, 15) is 17.6 Å². The molecule has 0 spiro atoms. The van der Waals surface area contributed by atoms with Crippen molar-refractivity contribution in [1.29, 1.82) is 0 Å². The normalized spacial score (nSPS) is 21.3. The van der Waals surface area contributed by atoms with E-state index in [1.807, 2.05) is 0 Å². The van der Waals surface area contributed by atoms with Crippen molar-refractivity contribution in [3.05, 3.63) is 72.6 Å². The van der Waals surface area contributed by atoms with Crippen LogP contribution >= 0.6 is 0 Å². The van der Waals surface area contributed by atoms with Gasteiger partial charge in [-0.3, -0.25) is 9.10 Å². The molecule has 2 aromatic carbocycles. The number of sulfonamides is 1. The second-order valence-corrected chi connectivity index (χ2v) is 10.0. The number of anilines is 1. The molecule has 0 heterocycles. The maximum atomic E-state index is 14.5. The lowest BCUT2D eigenvalue weighted by Crippen LogP contribution is -2.44. The standard InChI is InChI=1S/C24H29FN2O3S/c1-4-15-27(19-10-6-5-7-11-19)31(29,30)20-13-14-22(25)21(16-20)24(28)26-23-12-8-9-17(2)18(23)3/h4-7,10-11,13-14,16-18,23H,1,8-9,12,15H2,2-3H3,(H,26,28). The lowest BCUT2D eigenvalue weighted by Gasteiger charge is -2.34. The molecule has 1 aliphatic rings. The molecule has 7 heteroatoms. The fraction of sp³-hybridized carbons (Fsp3) is 0.375. The Labute approximate surface area is 184 Å². The number of amides is 1. The van der Waals surface area contributed by atoms with E-state index in [4.69, 9.17) is 0 Å². The maximum Gasteiger partial charge on any atom is 0.264 e. The van der Waals surface area contributed by atoms with Gasteiger partial charge in [0.1, 0.15) is 5.82 Å². The zero-order valence-electron chi connectivity index (χ0n) is 17.9. The Morgan fingerprint density at radius 1 is 1.19 bits per heavy atom.